The zero-order chi connectivity index (χ0) is 13.7. The van der Waals surface area contributed by atoms with Crippen LogP contribution in [0.1, 0.15) is 31.0 Å². The first-order valence-corrected chi connectivity index (χ1v) is 6.45. The van der Waals surface area contributed by atoms with Crippen molar-refractivity contribution in [2.45, 2.75) is 38.8 Å². The topological polar surface area (TPSA) is 50.9 Å². The van der Waals surface area contributed by atoms with E-state index >= 15 is 0 Å². The molecular weight excluding hydrogens is 245 g/mol. The van der Waals surface area contributed by atoms with Gasteiger partial charge in [0.05, 0.1) is 18.3 Å². The predicted octanol–water partition coefficient (Wildman–Crippen LogP) is 2.17. The van der Waals surface area contributed by atoms with Crippen LogP contribution in [0.15, 0.2) is 30.5 Å². The monoisotopic (exact) mass is 263 g/mol. The fraction of sp³-hybridized carbons (Fsp3) is 0.429. The molecule has 0 spiro atoms. The quantitative estimate of drug-likeness (QED) is 0.869. The van der Waals surface area contributed by atoms with Crippen LogP contribution in [0.25, 0.3) is 0 Å². The summed E-state index contributed by atoms with van der Waals surface area (Å²) in [6.45, 7) is 2.16. The lowest BCUT2D eigenvalue weighted by Crippen LogP contribution is -2.02. The molecule has 0 fully saturated rings. The molecule has 2 aromatic rings. The summed E-state index contributed by atoms with van der Waals surface area (Å²) in [7, 11) is 0. The maximum absolute atomic E-state index is 13.5. The van der Waals surface area contributed by atoms with Crippen molar-refractivity contribution in [3.63, 3.8) is 0 Å². The van der Waals surface area contributed by atoms with E-state index in [-0.39, 0.29) is 11.9 Å². The average molecular weight is 263 g/mol. The van der Waals surface area contributed by atoms with E-state index in [0.717, 1.165) is 25.0 Å². The molecule has 0 radical (unpaired) electrons. The van der Waals surface area contributed by atoms with Crippen LogP contribution in [0.2, 0.25) is 0 Å². The molecule has 4 nitrogen and oxygen atoms in total. The van der Waals surface area contributed by atoms with Gasteiger partial charge in [-0.15, -0.1) is 5.10 Å². The van der Waals surface area contributed by atoms with Gasteiger partial charge in [0.25, 0.3) is 0 Å². The molecule has 5 heteroatoms. The van der Waals surface area contributed by atoms with Gasteiger partial charge in [-0.3, -0.25) is 0 Å². The highest BCUT2D eigenvalue weighted by Gasteiger charge is 2.05. The van der Waals surface area contributed by atoms with Gasteiger partial charge in [0.15, 0.2) is 0 Å². The van der Waals surface area contributed by atoms with Crippen molar-refractivity contribution in [3.05, 3.63) is 47.5 Å². The summed E-state index contributed by atoms with van der Waals surface area (Å²) < 4.78 is 15.1. The SMILES string of the molecule is CC(O)CCCc1cn(Cc2ccccc2F)nn1. The molecular formula is C14H18FN3O. The molecule has 0 aliphatic rings. The minimum absolute atomic E-state index is 0.228. The van der Waals surface area contributed by atoms with E-state index in [9.17, 15) is 9.50 Å². The third-order valence-electron chi connectivity index (χ3n) is 2.93. The summed E-state index contributed by atoms with van der Waals surface area (Å²) in [5, 5.41) is 17.2. The Morgan fingerprint density at radius 1 is 1.37 bits per heavy atom. The molecule has 1 unspecified atom stereocenters. The number of aryl methyl sites for hydroxylation is 1. The maximum Gasteiger partial charge on any atom is 0.128 e. The van der Waals surface area contributed by atoms with Crippen LogP contribution in [0.5, 0.6) is 0 Å². The zero-order valence-corrected chi connectivity index (χ0v) is 11.0. The van der Waals surface area contributed by atoms with E-state index in [1.807, 2.05) is 6.20 Å². The Balaban J connectivity index is 1.92. The van der Waals surface area contributed by atoms with Crippen molar-refractivity contribution in [2.24, 2.45) is 0 Å². The number of aliphatic hydroxyl groups is 1. The molecule has 102 valence electrons. The lowest BCUT2D eigenvalue weighted by atomic mass is 10.1. The third kappa shape index (κ3) is 4.13. The summed E-state index contributed by atoms with van der Waals surface area (Å²) in [4.78, 5) is 0. The fourth-order valence-corrected chi connectivity index (χ4v) is 1.91. The Kier molecular flexibility index (Phi) is 4.63. The van der Waals surface area contributed by atoms with Gasteiger partial charge in [0.1, 0.15) is 5.82 Å². The minimum atomic E-state index is -0.284. The summed E-state index contributed by atoms with van der Waals surface area (Å²) in [6.07, 6.45) is 3.95. The number of aliphatic hydroxyl groups excluding tert-OH is 1. The second-order valence-corrected chi connectivity index (χ2v) is 4.74. The van der Waals surface area contributed by atoms with Crippen LogP contribution in [-0.4, -0.2) is 26.2 Å². The van der Waals surface area contributed by atoms with E-state index in [1.54, 1.807) is 29.8 Å². The van der Waals surface area contributed by atoms with E-state index in [2.05, 4.69) is 10.3 Å². The largest absolute Gasteiger partial charge is 0.393 e. The van der Waals surface area contributed by atoms with E-state index in [0.29, 0.717) is 12.1 Å². The molecule has 1 aromatic heterocycles. The maximum atomic E-state index is 13.5. The van der Waals surface area contributed by atoms with Crippen LogP contribution in [0, 0.1) is 5.82 Å². The fourth-order valence-electron chi connectivity index (χ4n) is 1.91. The summed E-state index contributed by atoms with van der Waals surface area (Å²) in [5.41, 5.74) is 1.47. The molecule has 0 aliphatic heterocycles. The molecule has 1 heterocycles. The molecule has 0 bridgehead atoms. The van der Waals surface area contributed by atoms with Gasteiger partial charge in [-0.25, -0.2) is 9.07 Å². The highest BCUT2D eigenvalue weighted by atomic mass is 19.1. The van der Waals surface area contributed by atoms with E-state index < -0.39 is 0 Å². The number of hydrogen-bond acceptors (Lipinski definition) is 3. The van der Waals surface area contributed by atoms with Gasteiger partial charge in [-0.2, -0.15) is 0 Å². The number of benzene rings is 1. The molecule has 19 heavy (non-hydrogen) atoms. The molecule has 0 aliphatic carbocycles. The third-order valence-corrected chi connectivity index (χ3v) is 2.93. The van der Waals surface area contributed by atoms with E-state index in [1.165, 1.54) is 6.07 Å². The Morgan fingerprint density at radius 2 is 2.16 bits per heavy atom. The highest BCUT2D eigenvalue weighted by molar-refractivity contribution is 5.17. The second-order valence-electron chi connectivity index (χ2n) is 4.74. The van der Waals surface area contributed by atoms with Gasteiger partial charge < -0.3 is 5.11 Å². The first-order chi connectivity index (χ1) is 9.15. The number of hydrogen-bond donors (Lipinski definition) is 1. The van der Waals surface area contributed by atoms with Crippen molar-refractivity contribution >= 4 is 0 Å². The van der Waals surface area contributed by atoms with Crippen LogP contribution in [0.4, 0.5) is 4.39 Å². The zero-order valence-electron chi connectivity index (χ0n) is 11.0. The molecule has 1 aromatic carbocycles. The molecule has 0 amide bonds. The first kappa shape index (κ1) is 13.7. The number of halogens is 1. The minimum Gasteiger partial charge on any atom is -0.393 e. The summed E-state index contributed by atoms with van der Waals surface area (Å²) >= 11 is 0. The van der Waals surface area contributed by atoms with Crippen LogP contribution in [0.3, 0.4) is 0 Å². The van der Waals surface area contributed by atoms with Gasteiger partial charge in [0, 0.05) is 11.8 Å². The molecule has 0 saturated heterocycles. The van der Waals surface area contributed by atoms with Gasteiger partial charge >= 0.3 is 0 Å². The van der Waals surface area contributed by atoms with Crippen LogP contribution < -0.4 is 0 Å². The summed E-state index contributed by atoms with van der Waals surface area (Å²) in [6, 6.07) is 6.65. The van der Waals surface area contributed by atoms with Crippen molar-refractivity contribution in [2.75, 3.05) is 0 Å². The summed E-state index contributed by atoms with van der Waals surface area (Å²) in [5.74, 6) is -0.228. The second kappa shape index (κ2) is 6.43. The predicted molar refractivity (Wildman–Crippen MR) is 70.1 cm³/mol. The molecule has 0 saturated carbocycles. The highest BCUT2D eigenvalue weighted by Crippen LogP contribution is 2.09. The van der Waals surface area contributed by atoms with Crippen molar-refractivity contribution in [1.29, 1.82) is 0 Å². The van der Waals surface area contributed by atoms with Crippen molar-refractivity contribution in [1.82, 2.24) is 15.0 Å². The van der Waals surface area contributed by atoms with Crippen molar-refractivity contribution in [3.8, 4) is 0 Å². The lowest BCUT2D eigenvalue weighted by molar-refractivity contribution is 0.181. The van der Waals surface area contributed by atoms with E-state index in [4.69, 9.17) is 0 Å². The van der Waals surface area contributed by atoms with Crippen molar-refractivity contribution < 1.29 is 9.50 Å². The number of aromatic nitrogens is 3. The smallest absolute Gasteiger partial charge is 0.128 e. The standard InChI is InChI=1S/C14H18FN3O/c1-11(19)5-4-7-13-10-18(17-16-13)9-12-6-2-3-8-14(12)15/h2-3,6,8,10-11,19H,4-5,7,9H2,1H3. The Labute approximate surface area is 111 Å². The first-order valence-electron chi connectivity index (χ1n) is 6.45. The lowest BCUT2D eigenvalue weighted by Gasteiger charge is -2.02. The molecule has 1 atom stereocenters. The van der Waals surface area contributed by atoms with Crippen LogP contribution >= 0.6 is 0 Å². The molecule has 1 N–H and O–H groups in total. The normalized spacial score (nSPS) is 12.6. The average Bonchev–Trinajstić information content (AvgIpc) is 2.79. The molecule has 2 rings (SSSR count). The Bertz CT molecular complexity index is 525. The number of rotatable bonds is 6. The number of nitrogens with zero attached hydrogens (tertiary/aromatic N) is 3. The van der Waals surface area contributed by atoms with Gasteiger partial charge in [0.2, 0.25) is 0 Å². The Hall–Kier alpha value is -1.75. The van der Waals surface area contributed by atoms with Gasteiger partial charge in [-0.05, 0) is 32.3 Å². The Morgan fingerprint density at radius 3 is 2.89 bits per heavy atom. The van der Waals surface area contributed by atoms with Gasteiger partial charge in [-0.1, -0.05) is 23.4 Å². The van der Waals surface area contributed by atoms with Crippen LogP contribution in [-0.2, 0) is 13.0 Å².